The number of alkyl halides is 1. The molecule has 2 nitrogen and oxygen atoms in total. The maximum atomic E-state index is 8.50. The molecule has 0 heterocycles. The van der Waals surface area contributed by atoms with Crippen LogP contribution in [0.15, 0.2) is 0 Å². The zero-order valence-electron chi connectivity index (χ0n) is 5.77. The van der Waals surface area contributed by atoms with Crippen LogP contribution >= 0.6 is 15.9 Å². The van der Waals surface area contributed by atoms with E-state index in [-0.39, 0.29) is 23.6 Å². The Hall–Kier alpha value is 0.880. The molecule has 0 saturated carbocycles. The molecule has 0 bridgehead atoms. The summed E-state index contributed by atoms with van der Waals surface area (Å²) in [5, 5.41) is 8.50. The van der Waals surface area contributed by atoms with E-state index in [1.54, 1.807) is 0 Å². The summed E-state index contributed by atoms with van der Waals surface area (Å²) in [5.41, 5.74) is 0.896. The van der Waals surface area contributed by atoms with Gasteiger partial charge in [-0.1, -0.05) is 0 Å². The van der Waals surface area contributed by atoms with Gasteiger partial charge < -0.3 is 26.6 Å². The van der Waals surface area contributed by atoms with Crippen molar-refractivity contribution < 1.29 is 26.6 Å². The van der Waals surface area contributed by atoms with Gasteiger partial charge in [-0.05, 0) is 15.9 Å². The molecule has 0 aromatic carbocycles. The van der Waals surface area contributed by atoms with Crippen molar-refractivity contribution in [1.82, 2.24) is 0 Å². The van der Waals surface area contributed by atoms with E-state index in [0.29, 0.717) is 0 Å². The molecule has 0 fully saturated rings. The first-order valence-corrected chi connectivity index (χ1v) is 3.73. The van der Waals surface area contributed by atoms with Crippen LogP contribution in [0.1, 0.15) is 0 Å². The summed E-state index contributed by atoms with van der Waals surface area (Å²) in [6.07, 6.45) is 0. The van der Waals surface area contributed by atoms with Crippen LogP contribution in [0.2, 0.25) is 0 Å². The Labute approximate surface area is 75.3 Å². The number of quaternary nitrogens is 1. The summed E-state index contributed by atoms with van der Waals surface area (Å²) in [4.78, 5) is 0. The maximum Gasteiger partial charge on any atom is 0.134 e. The third-order valence-electron chi connectivity index (χ3n) is 1.03. The van der Waals surface area contributed by atoms with Gasteiger partial charge in [0.25, 0.3) is 0 Å². The molecular formula is C5H13Br2NO. The van der Waals surface area contributed by atoms with Crippen molar-refractivity contribution in [1.29, 1.82) is 0 Å². The van der Waals surface area contributed by atoms with E-state index >= 15 is 0 Å². The van der Waals surface area contributed by atoms with Gasteiger partial charge in [0, 0.05) is 0 Å². The summed E-state index contributed by atoms with van der Waals surface area (Å²) >= 11 is 3.33. The van der Waals surface area contributed by atoms with Crippen molar-refractivity contribution >= 4 is 15.9 Å². The predicted molar refractivity (Wildman–Crippen MR) is 37.9 cm³/mol. The van der Waals surface area contributed by atoms with E-state index in [9.17, 15) is 0 Å². The molecule has 0 spiro atoms. The largest absolute Gasteiger partial charge is 1.00 e. The minimum absolute atomic E-state index is 0. The van der Waals surface area contributed by atoms with E-state index in [4.69, 9.17) is 5.11 Å². The minimum atomic E-state index is 0. The monoisotopic (exact) mass is 261 g/mol. The summed E-state index contributed by atoms with van der Waals surface area (Å²) in [6.45, 7) is 1.07. The normalized spacial score (nSPS) is 10.7. The lowest BCUT2D eigenvalue weighted by atomic mass is 10.5. The van der Waals surface area contributed by atoms with Crippen LogP contribution in [0.4, 0.5) is 0 Å². The Balaban J connectivity index is 0. The number of hydrogen-bond acceptors (Lipinski definition) is 1. The van der Waals surface area contributed by atoms with Crippen molar-refractivity contribution in [2.45, 2.75) is 0 Å². The van der Waals surface area contributed by atoms with E-state index < -0.39 is 0 Å². The Bertz CT molecular complexity index is 68.0. The van der Waals surface area contributed by atoms with Gasteiger partial charge in [-0.15, -0.1) is 0 Å². The van der Waals surface area contributed by atoms with Gasteiger partial charge in [0.2, 0.25) is 0 Å². The highest BCUT2D eigenvalue weighted by Crippen LogP contribution is 1.98. The standard InChI is InChI=1S/C5H13BrNO.BrH/c1-7(2,5-6)3-4-8;/h8H,3-5H2,1-2H3;1H/q+1;/p-1. The van der Waals surface area contributed by atoms with Gasteiger partial charge in [0.15, 0.2) is 0 Å². The first kappa shape index (κ1) is 12.5. The second-order valence-electron chi connectivity index (χ2n) is 2.50. The van der Waals surface area contributed by atoms with Crippen LogP contribution < -0.4 is 17.0 Å². The van der Waals surface area contributed by atoms with E-state index in [1.165, 1.54) is 0 Å². The average molecular weight is 263 g/mol. The lowest BCUT2D eigenvalue weighted by molar-refractivity contribution is -0.876. The molecule has 0 aliphatic carbocycles. The fraction of sp³-hybridized carbons (Fsp3) is 1.00. The smallest absolute Gasteiger partial charge is 0.134 e. The van der Waals surface area contributed by atoms with Crippen LogP contribution in [0.5, 0.6) is 0 Å². The number of likely N-dealkylation sites (N-methyl/N-ethyl adjacent to an activating group) is 1. The van der Waals surface area contributed by atoms with Crippen LogP contribution in [-0.2, 0) is 0 Å². The molecular weight excluding hydrogens is 250 g/mol. The Morgan fingerprint density at radius 1 is 1.44 bits per heavy atom. The molecule has 0 rings (SSSR count). The van der Waals surface area contributed by atoms with Crippen LogP contribution in [0.3, 0.4) is 0 Å². The van der Waals surface area contributed by atoms with Gasteiger partial charge in [-0.2, -0.15) is 0 Å². The van der Waals surface area contributed by atoms with Gasteiger partial charge in [0.1, 0.15) is 12.0 Å². The van der Waals surface area contributed by atoms with Crippen LogP contribution in [-0.4, -0.2) is 42.3 Å². The molecule has 0 unspecified atom stereocenters. The number of halogens is 2. The number of aliphatic hydroxyl groups is 1. The highest BCUT2D eigenvalue weighted by molar-refractivity contribution is 9.09. The fourth-order valence-corrected chi connectivity index (χ4v) is 0.581. The van der Waals surface area contributed by atoms with Gasteiger partial charge in [-0.25, -0.2) is 0 Å². The first-order chi connectivity index (χ1) is 3.62. The zero-order chi connectivity index (χ0) is 6.62. The van der Waals surface area contributed by atoms with Crippen molar-refractivity contribution in [3.8, 4) is 0 Å². The SMILES string of the molecule is C[N+](C)(CBr)CCO.[Br-]. The van der Waals surface area contributed by atoms with E-state index in [2.05, 4.69) is 30.0 Å². The lowest BCUT2D eigenvalue weighted by Crippen LogP contribution is -3.00. The molecule has 0 aliphatic rings. The van der Waals surface area contributed by atoms with Gasteiger partial charge in [0.05, 0.1) is 20.7 Å². The predicted octanol–water partition coefficient (Wildman–Crippen LogP) is -2.59. The summed E-state index contributed by atoms with van der Waals surface area (Å²) in [5.74, 6) is 0. The summed E-state index contributed by atoms with van der Waals surface area (Å²) in [7, 11) is 4.12. The molecule has 1 N–H and O–H groups in total. The molecule has 0 aliphatic heterocycles. The Morgan fingerprint density at radius 2 is 1.89 bits per heavy atom. The maximum absolute atomic E-state index is 8.50. The molecule has 0 aromatic rings. The number of rotatable bonds is 3. The second-order valence-corrected chi connectivity index (χ2v) is 3.00. The van der Waals surface area contributed by atoms with Crippen LogP contribution in [0, 0.1) is 0 Å². The molecule has 58 valence electrons. The molecule has 0 radical (unpaired) electrons. The Kier molecular flexibility index (Phi) is 7.87. The van der Waals surface area contributed by atoms with Crippen molar-refractivity contribution in [3.05, 3.63) is 0 Å². The fourth-order valence-electron chi connectivity index (χ4n) is 0.330. The van der Waals surface area contributed by atoms with Crippen LogP contribution in [0.25, 0.3) is 0 Å². The third-order valence-corrected chi connectivity index (χ3v) is 2.39. The van der Waals surface area contributed by atoms with Crippen molar-refractivity contribution in [2.75, 3.05) is 32.7 Å². The first-order valence-electron chi connectivity index (χ1n) is 2.61. The highest BCUT2D eigenvalue weighted by Gasteiger charge is 2.09. The number of hydrogen-bond donors (Lipinski definition) is 1. The topological polar surface area (TPSA) is 20.2 Å². The Morgan fingerprint density at radius 3 is 2.00 bits per heavy atom. The molecule has 0 saturated heterocycles. The summed E-state index contributed by atoms with van der Waals surface area (Å²) < 4.78 is 0.830. The quantitative estimate of drug-likeness (QED) is 0.336. The van der Waals surface area contributed by atoms with Gasteiger partial charge >= 0.3 is 0 Å². The molecule has 0 atom stereocenters. The second kappa shape index (κ2) is 5.65. The van der Waals surface area contributed by atoms with Crippen molar-refractivity contribution in [2.24, 2.45) is 0 Å². The molecule has 4 heteroatoms. The van der Waals surface area contributed by atoms with Crippen molar-refractivity contribution in [3.63, 3.8) is 0 Å². The molecule has 9 heavy (non-hydrogen) atoms. The highest BCUT2D eigenvalue weighted by atomic mass is 79.9. The molecule has 0 aromatic heterocycles. The van der Waals surface area contributed by atoms with E-state index in [1.807, 2.05) is 0 Å². The molecule has 0 amide bonds. The summed E-state index contributed by atoms with van der Waals surface area (Å²) in [6, 6.07) is 0. The minimum Gasteiger partial charge on any atom is -1.00 e. The van der Waals surface area contributed by atoms with Gasteiger partial charge in [-0.3, -0.25) is 0 Å². The van der Waals surface area contributed by atoms with E-state index in [0.717, 1.165) is 16.5 Å². The average Bonchev–Trinajstić information content (AvgIpc) is 1.67. The number of aliphatic hydroxyl groups excluding tert-OH is 1. The lowest BCUT2D eigenvalue weighted by Gasteiger charge is -2.25. The zero-order valence-corrected chi connectivity index (χ0v) is 8.94. The third kappa shape index (κ3) is 6.77. The number of nitrogens with zero attached hydrogens (tertiary/aromatic N) is 1.